The number of hydrazine groups is 1. The molecule has 2 amide bonds. The quantitative estimate of drug-likeness (QED) is 0.704. The summed E-state index contributed by atoms with van der Waals surface area (Å²) in [5.41, 5.74) is 6.64. The van der Waals surface area contributed by atoms with Crippen molar-refractivity contribution in [2.75, 3.05) is 13.6 Å². The second-order valence-corrected chi connectivity index (χ2v) is 6.21. The average Bonchev–Trinajstić information content (AvgIpc) is 2.90. The zero-order valence-electron chi connectivity index (χ0n) is 12.7. The van der Waals surface area contributed by atoms with Crippen molar-refractivity contribution in [3.63, 3.8) is 0 Å². The first kappa shape index (κ1) is 16.2. The van der Waals surface area contributed by atoms with Gasteiger partial charge in [0.25, 0.3) is 11.8 Å². The van der Waals surface area contributed by atoms with Gasteiger partial charge in [0.1, 0.15) is 6.54 Å². The van der Waals surface area contributed by atoms with Gasteiger partial charge in [-0.25, -0.2) is 0 Å². The van der Waals surface area contributed by atoms with E-state index in [0.717, 1.165) is 11.4 Å². The van der Waals surface area contributed by atoms with E-state index >= 15 is 0 Å². The monoisotopic (exact) mass is 318 g/mol. The Balaban J connectivity index is 1.76. The van der Waals surface area contributed by atoms with Gasteiger partial charge in [0.2, 0.25) is 0 Å². The van der Waals surface area contributed by atoms with E-state index in [2.05, 4.69) is 29.2 Å². The molecule has 6 heteroatoms. The topological polar surface area (TPSA) is 62.6 Å². The number of hydrogen-bond donors (Lipinski definition) is 3. The second-order valence-electron chi connectivity index (χ2n) is 5.21. The molecule has 0 fully saturated rings. The number of hydrogen-bond acceptors (Lipinski definition) is 3. The Bertz CT molecular complexity index is 640. The summed E-state index contributed by atoms with van der Waals surface area (Å²) in [4.78, 5) is 26.0. The molecule has 1 aromatic carbocycles. The highest BCUT2D eigenvalue weighted by Crippen LogP contribution is 2.13. The van der Waals surface area contributed by atoms with E-state index in [9.17, 15) is 9.59 Å². The largest absolute Gasteiger partial charge is 0.325 e. The number of rotatable bonds is 5. The normalized spacial score (nSPS) is 11.7. The molecule has 0 aliphatic carbocycles. The van der Waals surface area contributed by atoms with Crippen LogP contribution in [0.25, 0.3) is 0 Å². The Hall–Kier alpha value is -2.18. The lowest BCUT2D eigenvalue weighted by Gasteiger charge is -2.14. The third-order valence-electron chi connectivity index (χ3n) is 3.24. The molecule has 0 aliphatic heterocycles. The number of aryl methyl sites for hydroxylation is 1. The van der Waals surface area contributed by atoms with Crippen LogP contribution in [0.15, 0.2) is 41.8 Å². The Labute approximate surface area is 133 Å². The first-order valence-electron chi connectivity index (χ1n) is 7.04. The van der Waals surface area contributed by atoms with Gasteiger partial charge in [-0.3, -0.25) is 20.4 Å². The van der Waals surface area contributed by atoms with E-state index in [4.69, 9.17) is 0 Å². The number of nitrogens with one attached hydrogen (secondary N) is 3. The third kappa shape index (κ3) is 4.68. The molecule has 0 saturated carbocycles. The van der Waals surface area contributed by atoms with Gasteiger partial charge in [0.05, 0.1) is 11.9 Å². The molecule has 2 rings (SSSR count). The van der Waals surface area contributed by atoms with E-state index in [1.54, 1.807) is 35.6 Å². The molecule has 0 spiro atoms. The van der Waals surface area contributed by atoms with Crippen LogP contribution in [0.2, 0.25) is 0 Å². The van der Waals surface area contributed by atoms with Crippen molar-refractivity contribution in [2.24, 2.45) is 0 Å². The van der Waals surface area contributed by atoms with Crippen LogP contribution in [0.3, 0.4) is 0 Å². The molecule has 1 aromatic heterocycles. The molecular weight excluding hydrogens is 298 g/mol. The van der Waals surface area contributed by atoms with Crippen LogP contribution in [0, 0.1) is 6.92 Å². The minimum absolute atomic E-state index is 0.212. The molecule has 0 radical (unpaired) electrons. The van der Waals surface area contributed by atoms with Crippen molar-refractivity contribution in [1.82, 2.24) is 10.9 Å². The van der Waals surface area contributed by atoms with Crippen LogP contribution in [-0.2, 0) is 11.3 Å². The Morgan fingerprint density at radius 1 is 1.14 bits per heavy atom. The maximum atomic E-state index is 11.9. The van der Waals surface area contributed by atoms with Crippen LogP contribution in [-0.4, -0.2) is 25.4 Å². The van der Waals surface area contributed by atoms with Gasteiger partial charge in [-0.1, -0.05) is 18.2 Å². The Morgan fingerprint density at radius 2 is 1.86 bits per heavy atom. The highest BCUT2D eigenvalue weighted by atomic mass is 32.1. The Morgan fingerprint density at radius 3 is 2.50 bits per heavy atom. The molecular formula is C16H20N3O2S+. The predicted molar refractivity (Wildman–Crippen MR) is 86.6 cm³/mol. The standard InChI is InChI=1S/C16H19N3O2S/c1-12-8-9-22-14(12)10-19(2)11-15(20)17-18-16(21)13-6-4-3-5-7-13/h3-9H,10-11H2,1-2H3,(H,17,20)(H,18,21)/p+1. The molecule has 22 heavy (non-hydrogen) atoms. The molecule has 116 valence electrons. The molecule has 3 N–H and O–H groups in total. The maximum Gasteiger partial charge on any atom is 0.293 e. The van der Waals surface area contributed by atoms with Gasteiger partial charge in [0.15, 0.2) is 6.54 Å². The van der Waals surface area contributed by atoms with E-state index in [1.807, 2.05) is 13.1 Å². The molecule has 0 bridgehead atoms. The smallest absolute Gasteiger partial charge is 0.293 e. The van der Waals surface area contributed by atoms with Crippen molar-refractivity contribution in [2.45, 2.75) is 13.5 Å². The zero-order valence-corrected chi connectivity index (χ0v) is 13.5. The van der Waals surface area contributed by atoms with Gasteiger partial charge >= 0.3 is 0 Å². The molecule has 5 nitrogen and oxygen atoms in total. The lowest BCUT2D eigenvalue weighted by molar-refractivity contribution is -0.885. The predicted octanol–water partition coefficient (Wildman–Crippen LogP) is 0.532. The third-order valence-corrected chi connectivity index (χ3v) is 4.27. The fourth-order valence-corrected chi connectivity index (χ4v) is 3.05. The van der Waals surface area contributed by atoms with Gasteiger partial charge in [-0.05, 0) is 36.1 Å². The van der Waals surface area contributed by atoms with Crippen molar-refractivity contribution < 1.29 is 14.5 Å². The molecule has 0 aliphatic rings. The van der Waals surface area contributed by atoms with E-state index in [0.29, 0.717) is 12.1 Å². The summed E-state index contributed by atoms with van der Waals surface area (Å²) in [6, 6.07) is 10.8. The van der Waals surface area contributed by atoms with Crippen LogP contribution in [0.5, 0.6) is 0 Å². The number of carbonyl (C=O) groups is 2. The Kier molecular flexibility index (Phi) is 5.68. The summed E-state index contributed by atoms with van der Waals surface area (Å²) in [7, 11) is 1.96. The molecule has 0 saturated heterocycles. The van der Waals surface area contributed by atoms with Crippen molar-refractivity contribution in [3.8, 4) is 0 Å². The van der Waals surface area contributed by atoms with Crippen molar-refractivity contribution in [1.29, 1.82) is 0 Å². The van der Waals surface area contributed by atoms with Gasteiger partial charge in [0, 0.05) is 5.56 Å². The van der Waals surface area contributed by atoms with Gasteiger partial charge < -0.3 is 4.90 Å². The van der Waals surface area contributed by atoms with Gasteiger partial charge in [-0.15, -0.1) is 11.3 Å². The summed E-state index contributed by atoms with van der Waals surface area (Å²) in [5.74, 6) is -0.531. The van der Waals surface area contributed by atoms with E-state index < -0.39 is 0 Å². The molecule has 1 heterocycles. The number of amides is 2. The van der Waals surface area contributed by atoms with Crippen LogP contribution >= 0.6 is 11.3 Å². The highest BCUT2D eigenvalue weighted by molar-refractivity contribution is 7.10. The molecule has 1 atom stereocenters. The van der Waals surface area contributed by atoms with Crippen molar-refractivity contribution in [3.05, 3.63) is 57.8 Å². The van der Waals surface area contributed by atoms with Crippen molar-refractivity contribution >= 4 is 23.2 Å². The van der Waals surface area contributed by atoms with Gasteiger partial charge in [-0.2, -0.15) is 0 Å². The maximum absolute atomic E-state index is 11.9. The summed E-state index contributed by atoms with van der Waals surface area (Å²) >= 11 is 1.70. The number of carbonyl (C=O) groups excluding carboxylic acids is 2. The number of likely N-dealkylation sites (N-methyl/N-ethyl adjacent to an activating group) is 1. The zero-order chi connectivity index (χ0) is 15.9. The van der Waals surface area contributed by atoms with E-state index in [1.165, 1.54) is 10.4 Å². The lowest BCUT2D eigenvalue weighted by Crippen LogP contribution is -3.09. The summed E-state index contributed by atoms with van der Waals surface area (Å²) in [6.45, 7) is 3.16. The van der Waals surface area contributed by atoms with Crippen LogP contribution < -0.4 is 15.8 Å². The fraction of sp³-hybridized carbons (Fsp3) is 0.250. The summed E-state index contributed by atoms with van der Waals surface area (Å²) < 4.78 is 0. The van der Waals surface area contributed by atoms with Crippen LogP contribution in [0.1, 0.15) is 20.8 Å². The first-order valence-corrected chi connectivity index (χ1v) is 7.92. The lowest BCUT2D eigenvalue weighted by atomic mass is 10.2. The minimum atomic E-state index is -0.319. The highest BCUT2D eigenvalue weighted by Gasteiger charge is 2.13. The molecule has 1 unspecified atom stereocenters. The second kappa shape index (κ2) is 7.72. The number of benzene rings is 1. The molecule has 2 aromatic rings. The fourth-order valence-electron chi connectivity index (χ4n) is 2.03. The SMILES string of the molecule is Cc1ccsc1C[NH+](C)CC(=O)NNC(=O)c1ccccc1. The average molecular weight is 318 g/mol. The number of quaternary nitrogens is 1. The van der Waals surface area contributed by atoms with E-state index in [-0.39, 0.29) is 11.8 Å². The first-order chi connectivity index (χ1) is 10.6. The summed E-state index contributed by atoms with van der Waals surface area (Å²) in [5, 5.41) is 2.05. The summed E-state index contributed by atoms with van der Waals surface area (Å²) in [6.07, 6.45) is 0. The van der Waals surface area contributed by atoms with Crippen LogP contribution in [0.4, 0.5) is 0 Å². The minimum Gasteiger partial charge on any atom is -0.325 e. The number of thiophene rings is 1.